The lowest BCUT2D eigenvalue weighted by atomic mass is 9.93. The number of aryl methyl sites for hydroxylation is 1. The second-order valence-corrected chi connectivity index (χ2v) is 11.4. The summed E-state index contributed by atoms with van der Waals surface area (Å²) in [7, 11) is 0. The normalized spacial score (nSPS) is 16.2. The Kier molecular flexibility index (Phi) is 8.30. The van der Waals surface area contributed by atoms with Crippen LogP contribution in [0.15, 0.2) is 47.5 Å². The predicted molar refractivity (Wildman–Crippen MR) is 150 cm³/mol. The molecule has 0 aliphatic heterocycles. The van der Waals surface area contributed by atoms with Crippen molar-refractivity contribution in [1.29, 1.82) is 0 Å². The van der Waals surface area contributed by atoms with Gasteiger partial charge in [0.25, 0.3) is 5.91 Å². The quantitative estimate of drug-likeness (QED) is 0.306. The number of nitrogens with zero attached hydrogens (tertiary/aromatic N) is 1. The number of aliphatic imine (C=N–C) groups is 1. The topological polar surface area (TPSA) is 50.7 Å². The van der Waals surface area contributed by atoms with Gasteiger partial charge < -0.3 is 10.1 Å². The van der Waals surface area contributed by atoms with Gasteiger partial charge in [-0.3, -0.25) is 4.79 Å². The van der Waals surface area contributed by atoms with Crippen LogP contribution in [0.3, 0.4) is 0 Å². The summed E-state index contributed by atoms with van der Waals surface area (Å²) < 4.78 is 6.10. The number of nitrogens with one attached hydrogen (secondary N) is 1. The third-order valence-corrected chi connectivity index (χ3v) is 8.88. The van der Waals surface area contributed by atoms with E-state index in [1.54, 1.807) is 17.4 Å². The second-order valence-electron chi connectivity index (χ2n) is 9.53. The SMILES string of the molecule is O=C(NC1CCCCC1)c1c(N=Cc2ccccc2OCc2ccc(Cl)c(Cl)c2)sc2c1CCCC2. The van der Waals surface area contributed by atoms with E-state index in [-0.39, 0.29) is 11.9 Å². The van der Waals surface area contributed by atoms with Gasteiger partial charge in [0.15, 0.2) is 0 Å². The van der Waals surface area contributed by atoms with Crippen molar-refractivity contribution in [2.45, 2.75) is 70.4 Å². The standard InChI is InChI=1S/C29H30Cl2N2O2S/c30-23-15-14-19(16-24(23)31)18-35-25-12-6-4-8-20(25)17-32-29-27(22-11-5-7-13-26(22)36-29)28(34)33-21-9-2-1-3-10-21/h4,6,8,12,14-17,21H,1-3,5,7,9-11,13,18H2,(H,33,34). The maximum absolute atomic E-state index is 13.4. The number of para-hydroxylation sites is 1. The first-order valence-corrected chi connectivity index (χ1v) is 14.3. The number of carbonyl (C=O) groups is 1. The summed E-state index contributed by atoms with van der Waals surface area (Å²) in [6.07, 6.45) is 11.9. The summed E-state index contributed by atoms with van der Waals surface area (Å²) >= 11 is 13.8. The summed E-state index contributed by atoms with van der Waals surface area (Å²) in [6.45, 7) is 0.365. The van der Waals surface area contributed by atoms with Crippen LogP contribution in [-0.2, 0) is 19.4 Å². The molecule has 0 spiro atoms. The molecule has 0 radical (unpaired) electrons. The number of amides is 1. The Morgan fingerprint density at radius 1 is 1.03 bits per heavy atom. The molecule has 3 aromatic rings. The molecule has 1 N–H and O–H groups in total. The maximum Gasteiger partial charge on any atom is 0.254 e. The highest BCUT2D eigenvalue weighted by Gasteiger charge is 2.27. The van der Waals surface area contributed by atoms with E-state index in [0.29, 0.717) is 16.7 Å². The molecular formula is C29H30Cl2N2O2S. The van der Waals surface area contributed by atoms with E-state index >= 15 is 0 Å². The van der Waals surface area contributed by atoms with Crippen LogP contribution in [0.2, 0.25) is 10.0 Å². The van der Waals surface area contributed by atoms with Crippen molar-refractivity contribution >= 4 is 51.7 Å². The number of hydrogen-bond acceptors (Lipinski definition) is 4. The fourth-order valence-electron chi connectivity index (χ4n) is 5.02. The van der Waals surface area contributed by atoms with E-state index in [1.165, 1.54) is 36.1 Å². The Hall–Kier alpha value is -2.34. The summed E-state index contributed by atoms with van der Waals surface area (Å²) in [6, 6.07) is 13.6. The van der Waals surface area contributed by atoms with Gasteiger partial charge in [0.1, 0.15) is 17.4 Å². The first-order valence-electron chi connectivity index (χ1n) is 12.7. The third kappa shape index (κ3) is 5.96. The van der Waals surface area contributed by atoms with Crippen molar-refractivity contribution in [1.82, 2.24) is 5.32 Å². The first-order chi connectivity index (χ1) is 17.6. The zero-order valence-corrected chi connectivity index (χ0v) is 22.5. The first kappa shape index (κ1) is 25.3. The highest BCUT2D eigenvalue weighted by atomic mass is 35.5. The molecule has 2 aliphatic carbocycles. The monoisotopic (exact) mass is 540 g/mol. The van der Waals surface area contributed by atoms with Crippen LogP contribution < -0.4 is 10.1 Å². The molecule has 1 aromatic heterocycles. The van der Waals surface area contributed by atoms with Gasteiger partial charge in [-0.2, -0.15) is 0 Å². The predicted octanol–water partition coefficient (Wildman–Crippen LogP) is 8.33. The molecule has 0 bridgehead atoms. The van der Waals surface area contributed by atoms with Crippen molar-refractivity contribution in [3.8, 4) is 5.75 Å². The van der Waals surface area contributed by atoms with Crippen LogP contribution in [0.25, 0.3) is 0 Å². The number of carbonyl (C=O) groups excluding carboxylic acids is 1. The van der Waals surface area contributed by atoms with Crippen LogP contribution in [0.1, 0.15) is 76.9 Å². The fourth-order valence-corrected chi connectivity index (χ4v) is 6.57. The lowest BCUT2D eigenvalue weighted by Crippen LogP contribution is -2.36. The molecule has 2 aliphatic rings. The maximum atomic E-state index is 13.4. The second kappa shape index (κ2) is 11.8. The molecule has 1 saturated carbocycles. The summed E-state index contributed by atoms with van der Waals surface area (Å²) in [5.41, 5.74) is 3.79. The number of rotatable bonds is 7. The fraction of sp³-hybridized carbons (Fsp3) is 0.379. The molecule has 0 saturated heterocycles. The number of ether oxygens (including phenoxy) is 1. The lowest BCUT2D eigenvalue weighted by Gasteiger charge is -2.23. The zero-order chi connectivity index (χ0) is 24.9. The van der Waals surface area contributed by atoms with Gasteiger partial charge in [0.2, 0.25) is 0 Å². The van der Waals surface area contributed by atoms with E-state index in [9.17, 15) is 4.79 Å². The molecule has 188 valence electrons. The lowest BCUT2D eigenvalue weighted by molar-refractivity contribution is 0.0927. The van der Waals surface area contributed by atoms with Crippen molar-refractivity contribution in [3.63, 3.8) is 0 Å². The molecule has 1 fully saturated rings. The molecule has 5 rings (SSSR count). The highest BCUT2D eigenvalue weighted by molar-refractivity contribution is 7.16. The molecule has 2 aromatic carbocycles. The molecule has 7 heteroatoms. The van der Waals surface area contributed by atoms with Crippen LogP contribution in [0, 0.1) is 0 Å². The zero-order valence-electron chi connectivity index (χ0n) is 20.2. The highest BCUT2D eigenvalue weighted by Crippen LogP contribution is 2.40. The number of fused-ring (bicyclic) bond motifs is 1. The molecule has 1 amide bonds. The van der Waals surface area contributed by atoms with Gasteiger partial charge >= 0.3 is 0 Å². The molecule has 36 heavy (non-hydrogen) atoms. The van der Waals surface area contributed by atoms with Crippen LogP contribution in [0.4, 0.5) is 5.00 Å². The Morgan fingerprint density at radius 2 is 1.83 bits per heavy atom. The van der Waals surface area contributed by atoms with E-state index in [1.807, 2.05) is 42.6 Å². The van der Waals surface area contributed by atoms with Gasteiger partial charge in [-0.1, -0.05) is 60.7 Å². The molecule has 1 heterocycles. The number of hydrogen-bond donors (Lipinski definition) is 1. The van der Waals surface area contributed by atoms with Crippen molar-refractivity contribution in [3.05, 3.63) is 79.6 Å². The van der Waals surface area contributed by atoms with E-state index < -0.39 is 0 Å². The van der Waals surface area contributed by atoms with Crippen LogP contribution in [-0.4, -0.2) is 18.2 Å². The Morgan fingerprint density at radius 3 is 2.67 bits per heavy atom. The van der Waals surface area contributed by atoms with Gasteiger partial charge in [0.05, 0.1) is 15.6 Å². The molecule has 0 unspecified atom stereocenters. The summed E-state index contributed by atoms with van der Waals surface area (Å²) in [5.74, 6) is 0.763. The van der Waals surface area contributed by atoms with E-state index in [4.69, 9.17) is 32.9 Å². The minimum Gasteiger partial charge on any atom is -0.488 e. The number of thiophene rings is 1. The van der Waals surface area contributed by atoms with E-state index in [0.717, 1.165) is 59.5 Å². The van der Waals surface area contributed by atoms with Gasteiger partial charge in [-0.15, -0.1) is 11.3 Å². The Balaban J connectivity index is 1.37. The van der Waals surface area contributed by atoms with Crippen molar-refractivity contribution in [2.75, 3.05) is 0 Å². The van der Waals surface area contributed by atoms with E-state index in [2.05, 4.69) is 5.32 Å². The average molecular weight is 542 g/mol. The van der Waals surface area contributed by atoms with Gasteiger partial charge in [-0.05, 0) is 73.9 Å². The minimum absolute atomic E-state index is 0.0394. The van der Waals surface area contributed by atoms with Crippen molar-refractivity contribution in [2.24, 2.45) is 4.99 Å². The summed E-state index contributed by atoms with van der Waals surface area (Å²) in [5, 5.41) is 5.15. The largest absolute Gasteiger partial charge is 0.488 e. The summed E-state index contributed by atoms with van der Waals surface area (Å²) in [4.78, 5) is 19.6. The number of benzene rings is 2. The van der Waals surface area contributed by atoms with Crippen LogP contribution in [0.5, 0.6) is 5.75 Å². The molecule has 0 atom stereocenters. The van der Waals surface area contributed by atoms with Gasteiger partial charge in [-0.25, -0.2) is 4.99 Å². The Bertz CT molecular complexity index is 1260. The van der Waals surface area contributed by atoms with Crippen molar-refractivity contribution < 1.29 is 9.53 Å². The molecular weight excluding hydrogens is 511 g/mol. The average Bonchev–Trinajstić information content (AvgIpc) is 3.28. The number of halogens is 2. The third-order valence-electron chi connectivity index (χ3n) is 6.94. The van der Waals surface area contributed by atoms with Crippen LogP contribution >= 0.6 is 34.5 Å². The smallest absolute Gasteiger partial charge is 0.254 e. The Labute approximate surface area is 226 Å². The minimum atomic E-state index is 0.0394. The van der Waals surface area contributed by atoms with Gasteiger partial charge in [0, 0.05) is 22.7 Å². The molecule has 4 nitrogen and oxygen atoms in total.